The zero-order valence-electron chi connectivity index (χ0n) is 12.3. The lowest BCUT2D eigenvalue weighted by molar-refractivity contribution is 0.224. The van der Waals surface area contributed by atoms with E-state index in [4.69, 9.17) is 5.73 Å². The molecule has 0 aliphatic carbocycles. The molecular weight excluding hydrogens is 356 g/mol. The fourth-order valence-corrected chi connectivity index (χ4v) is 4.81. The van der Waals surface area contributed by atoms with Gasteiger partial charge in [-0.2, -0.15) is 4.31 Å². The number of aromatic nitrogens is 1. The molecule has 0 aromatic carbocycles. The lowest BCUT2D eigenvalue weighted by atomic mass is 10.2. The summed E-state index contributed by atoms with van der Waals surface area (Å²) in [5.41, 5.74) is 5.74. The van der Waals surface area contributed by atoms with Crippen LogP contribution in [0.2, 0.25) is 0 Å². The molecule has 1 fully saturated rings. The van der Waals surface area contributed by atoms with Crippen molar-refractivity contribution >= 4 is 31.8 Å². The van der Waals surface area contributed by atoms with Crippen molar-refractivity contribution < 1.29 is 8.42 Å². The van der Waals surface area contributed by atoms with Gasteiger partial charge in [0.05, 0.1) is 0 Å². The fraction of sp³-hybridized carbons (Fsp3) is 0.615. The first-order valence-corrected chi connectivity index (χ1v) is 9.28. The molecule has 1 aliphatic heterocycles. The van der Waals surface area contributed by atoms with E-state index in [2.05, 4.69) is 39.7 Å². The maximum absolute atomic E-state index is 12.7. The minimum atomic E-state index is -3.59. The Kier molecular flexibility index (Phi) is 5.24. The third-order valence-corrected chi connectivity index (χ3v) is 6.25. The van der Waals surface area contributed by atoms with Gasteiger partial charge in [0.1, 0.15) is 10.7 Å². The maximum atomic E-state index is 12.7. The Morgan fingerprint density at radius 2 is 2.14 bits per heavy atom. The largest absolute Gasteiger partial charge is 0.383 e. The molecule has 2 heterocycles. The Balaban J connectivity index is 2.24. The quantitative estimate of drug-likeness (QED) is 0.842. The Morgan fingerprint density at radius 1 is 1.48 bits per heavy atom. The van der Waals surface area contributed by atoms with Gasteiger partial charge in [-0.25, -0.2) is 13.4 Å². The third kappa shape index (κ3) is 3.39. The highest BCUT2D eigenvalue weighted by Gasteiger charge is 2.35. The van der Waals surface area contributed by atoms with E-state index in [1.807, 2.05) is 0 Å². The van der Waals surface area contributed by atoms with Gasteiger partial charge in [0, 0.05) is 29.8 Å². The van der Waals surface area contributed by atoms with Crippen LogP contribution in [0.5, 0.6) is 0 Å². The molecule has 0 spiro atoms. The van der Waals surface area contributed by atoms with Crippen molar-refractivity contribution in [3.63, 3.8) is 0 Å². The molecule has 0 saturated carbocycles. The number of anilines is 1. The second-order valence-electron chi connectivity index (χ2n) is 5.06. The van der Waals surface area contributed by atoms with Crippen LogP contribution < -0.4 is 5.73 Å². The van der Waals surface area contributed by atoms with Crippen molar-refractivity contribution in [2.24, 2.45) is 0 Å². The zero-order valence-corrected chi connectivity index (χ0v) is 14.7. The van der Waals surface area contributed by atoms with E-state index in [-0.39, 0.29) is 16.8 Å². The summed E-state index contributed by atoms with van der Waals surface area (Å²) >= 11 is 3.25. The van der Waals surface area contributed by atoms with E-state index in [1.165, 1.54) is 16.6 Å². The van der Waals surface area contributed by atoms with Gasteiger partial charge in [-0.3, -0.25) is 4.90 Å². The Hall–Kier alpha value is -0.700. The molecule has 21 heavy (non-hydrogen) atoms. The molecular formula is C13H21BrN4O2S. The number of halogens is 1. The van der Waals surface area contributed by atoms with Crippen molar-refractivity contribution in [2.45, 2.75) is 31.2 Å². The normalized spacial score (nSPS) is 20.3. The number of likely N-dealkylation sites (N-methyl/N-ethyl adjacent to an activating group) is 1. The van der Waals surface area contributed by atoms with E-state index in [9.17, 15) is 8.42 Å². The molecule has 1 aliphatic rings. The van der Waals surface area contributed by atoms with Crippen molar-refractivity contribution in [1.29, 1.82) is 0 Å². The van der Waals surface area contributed by atoms with E-state index in [1.54, 1.807) is 0 Å². The highest BCUT2D eigenvalue weighted by atomic mass is 79.9. The Bertz CT molecular complexity index is 604. The first-order valence-electron chi connectivity index (χ1n) is 7.05. The van der Waals surface area contributed by atoms with Gasteiger partial charge in [-0.15, -0.1) is 0 Å². The maximum Gasteiger partial charge on any atom is 0.246 e. The van der Waals surface area contributed by atoms with Crippen LogP contribution >= 0.6 is 15.9 Å². The van der Waals surface area contributed by atoms with Crippen LogP contribution in [0.15, 0.2) is 21.6 Å². The molecule has 1 unspecified atom stereocenters. The van der Waals surface area contributed by atoms with Crippen LogP contribution in [0.3, 0.4) is 0 Å². The number of pyridine rings is 1. The second kappa shape index (κ2) is 6.60. The van der Waals surface area contributed by atoms with Crippen LogP contribution in [-0.4, -0.2) is 54.8 Å². The predicted molar refractivity (Wildman–Crippen MR) is 86.4 cm³/mol. The average molecular weight is 377 g/mol. The number of sulfonamides is 1. The highest BCUT2D eigenvalue weighted by molar-refractivity contribution is 9.10. The summed E-state index contributed by atoms with van der Waals surface area (Å²) in [6, 6.07) is 1.79. The van der Waals surface area contributed by atoms with E-state index < -0.39 is 10.0 Å². The summed E-state index contributed by atoms with van der Waals surface area (Å²) in [6.07, 6.45) is 2.35. The van der Waals surface area contributed by atoms with Gasteiger partial charge in [0.25, 0.3) is 0 Å². The third-order valence-electron chi connectivity index (χ3n) is 3.92. The number of nitrogens with two attached hydrogens (primary N) is 1. The number of rotatable bonds is 5. The van der Waals surface area contributed by atoms with Gasteiger partial charge >= 0.3 is 0 Å². The van der Waals surface area contributed by atoms with Gasteiger partial charge < -0.3 is 5.73 Å². The number of hydrogen-bond donors (Lipinski definition) is 1. The monoisotopic (exact) mass is 376 g/mol. The van der Waals surface area contributed by atoms with Crippen LogP contribution in [0.25, 0.3) is 0 Å². The van der Waals surface area contributed by atoms with Crippen molar-refractivity contribution in [3.8, 4) is 0 Å². The topological polar surface area (TPSA) is 79.5 Å². The lowest BCUT2D eigenvalue weighted by Crippen LogP contribution is -2.38. The number of nitrogen functional groups attached to an aromatic ring is 1. The highest BCUT2D eigenvalue weighted by Crippen LogP contribution is 2.27. The summed E-state index contributed by atoms with van der Waals surface area (Å²) in [4.78, 5) is 6.29. The van der Waals surface area contributed by atoms with E-state index in [0.717, 1.165) is 19.5 Å². The Morgan fingerprint density at radius 3 is 2.76 bits per heavy atom. The van der Waals surface area contributed by atoms with Gasteiger partial charge in [0.15, 0.2) is 0 Å². The second-order valence-corrected chi connectivity index (χ2v) is 7.89. The SMILES string of the molecule is CCN(CC)C1CCN(S(=O)(=O)c2cc(Br)cnc2N)C1. The molecule has 2 rings (SSSR count). The molecule has 1 aromatic rings. The minimum Gasteiger partial charge on any atom is -0.383 e. The molecule has 1 atom stereocenters. The first kappa shape index (κ1) is 16.7. The molecule has 2 N–H and O–H groups in total. The zero-order chi connectivity index (χ0) is 15.6. The molecule has 1 aromatic heterocycles. The van der Waals surface area contributed by atoms with Gasteiger partial charge in [-0.1, -0.05) is 13.8 Å². The summed E-state index contributed by atoms with van der Waals surface area (Å²) in [5.74, 6) is 0.0458. The molecule has 0 radical (unpaired) electrons. The molecule has 0 bridgehead atoms. The summed E-state index contributed by atoms with van der Waals surface area (Å²) in [5, 5.41) is 0. The minimum absolute atomic E-state index is 0.0458. The molecule has 8 heteroatoms. The van der Waals surface area contributed by atoms with Crippen LogP contribution in [0, 0.1) is 0 Å². The van der Waals surface area contributed by atoms with Gasteiger partial charge in [0.2, 0.25) is 10.0 Å². The van der Waals surface area contributed by atoms with E-state index in [0.29, 0.717) is 17.6 Å². The summed E-state index contributed by atoms with van der Waals surface area (Å²) in [7, 11) is -3.59. The van der Waals surface area contributed by atoms with E-state index >= 15 is 0 Å². The summed E-state index contributed by atoms with van der Waals surface area (Å²) < 4.78 is 27.6. The van der Waals surface area contributed by atoms with Crippen LogP contribution in [0.1, 0.15) is 20.3 Å². The predicted octanol–water partition coefficient (Wildman–Crippen LogP) is 1.53. The van der Waals surface area contributed by atoms with Gasteiger partial charge in [-0.05, 0) is 41.5 Å². The van der Waals surface area contributed by atoms with Crippen LogP contribution in [0.4, 0.5) is 5.82 Å². The first-order chi connectivity index (χ1) is 9.90. The molecule has 1 saturated heterocycles. The Labute approximate surface area is 134 Å². The molecule has 6 nitrogen and oxygen atoms in total. The van der Waals surface area contributed by atoms with Crippen molar-refractivity contribution in [2.75, 3.05) is 31.9 Å². The average Bonchev–Trinajstić information content (AvgIpc) is 2.93. The number of hydrogen-bond acceptors (Lipinski definition) is 5. The molecule has 118 valence electrons. The number of nitrogens with zero attached hydrogens (tertiary/aromatic N) is 3. The van der Waals surface area contributed by atoms with Crippen LogP contribution in [-0.2, 0) is 10.0 Å². The standard InChI is InChI=1S/C13H21BrN4O2S/c1-3-17(4-2)11-5-6-18(9-11)21(19,20)12-7-10(14)8-16-13(12)15/h7-8,11H,3-6,9H2,1-2H3,(H2,15,16). The fourth-order valence-electron chi connectivity index (χ4n) is 2.74. The summed E-state index contributed by atoms with van der Waals surface area (Å²) in [6.45, 7) is 7.07. The lowest BCUT2D eigenvalue weighted by Gasteiger charge is -2.26. The molecule has 0 amide bonds. The smallest absolute Gasteiger partial charge is 0.246 e. The van der Waals surface area contributed by atoms with Crippen molar-refractivity contribution in [3.05, 3.63) is 16.7 Å². The van der Waals surface area contributed by atoms with Crippen molar-refractivity contribution in [1.82, 2.24) is 14.2 Å².